The number of halogens is 3. The molecule has 1 aliphatic rings. The molecule has 1 N–H and O–H groups in total. The lowest BCUT2D eigenvalue weighted by atomic mass is 10.0. The maximum Gasteiger partial charge on any atom is 0.416 e. The molecule has 0 spiro atoms. The first kappa shape index (κ1) is 19.3. The Kier molecular flexibility index (Phi) is 5.04. The SMILES string of the molecule is O=C(CN1C(=O)CCc2cc([N+](=O)[O-])ccc21)Nc1cccc(C(F)(F)F)c1. The number of nitro groups is 1. The number of nitrogens with zero attached hydrogens (tertiary/aromatic N) is 2. The van der Waals surface area contributed by atoms with Gasteiger partial charge in [-0.05, 0) is 36.2 Å². The van der Waals surface area contributed by atoms with Gasteiger partial charge in [0, 0.05) is 29.9 Å². The van der Waals surface area contributed by atoms with Gasteiger partial charge in [0.2, 0.25) is 11.8 Å². The summed E-state index contributed by atoms with van der Waals surface area (Å²) in [4.78, 5) is 36.0. The van der Waals surface area contributed by atoms with E-state index in [4.69, 9.17) is 0 Å². The van der Waals surface area contributed by atoms with Crippen LogP contribution in [0.2, 0.25) is 0 Å². The number of nitrogens with one attached hydrogen (secondary N) is 1. The molecule has 0 saturated carbocycles. The standard InChI is InChI=1S/C18H14F3N3O4/c19-18(20,21)12-2-1-3-13(9-12)22-16(25)10-23-15-6-5-14(24(27)28)8-11(15)4-7-17(23)26/h1-3,5-6,8-9H,4,7,10H2,(H,22,25). The Labute approximate surface area is 156 Å². The van der Waals surface area contributed by atoms with Crippen LogP contribution < -0.4 is 10.2 Å². The molecule has 2 aromatic carbocycles. The molecule has 0 unspecified atom stereocenters. The summed E-state index contributed by atoms with van der Waals surface area (Å²) in [6.45, 7) is -0.417. The van der Waals surface area contributed by atoms with Crippen LogP contribution in [0.1, 0.15) is 17.5 Å². The molecule has 2 amide bonds. The van der Waals surface area contributed by atoms with Crippen molar-refractivity contribution in [3.05, 3.63) is 63.7 Å². The predicted octanol–water partition coefficient (Wildman–Crippen LogP) is 3.53. The van der Waals surface area contributed by atoms with E-state index in [0.29, 0.717) is 17.7 Å². The summed E-state index contributed by atoms with van der Waals surface area (Å²) in [7, 11) is 0. The lowest BCUT2D eigenvalue weighted by Crippen LogP contribution is -2.40. The molecule has 0 radical (unpaired) electrons. The molecule has 2 aromatic rings. The zero-order valence-corrected chi connectivity index (χ0v) is 14.3. The summed E-state index contributed by atoms with van der Waals surface area (Å²) >= 11 is 0. The van der Waals surface area contributed by atoms with Crippen molar-refractivity contribution in [1.29, 1.82) is 0 Å². The van der Waals surface area contributed by atoms with E-state index in [0.717, 1.165) is 12.1 Å². The number of anilines is 2. The van der Waals surface area contributed by atoms with Crippen molar-refractivity contribution in [2.45, 2.75) is 19.0 Å². The van der Waals surface area contributed by atoms with Crippen LogP contribution in [0.5, 0.6) is 0 Å². The van der Waals surface area contributed by atoms with Gasteiger partial charge in [-0.15, -0.1) is 0 Å². The van der Waals surface area contributed by atoms with Crippen LogP contribution in [-0.2, 0) is 22.2 Å². The fourth-order valence-electron chi connectivity index (χ4n) is 2.95. The minimum absolute atomic E-state index is 0.0480. The van der Waals surface area contributed by atoms with Crippen LogP contribution in [0.4, 0.5) is 30.2 Å². The maximum atomic E-state index is 12.8. The second kappa shape index (κ2) is 7.29. The lowest BCUT2D eigenvalue weighted by Gasteiger charge is -2.28. The molecule has 0 aromatic heterocycles. The minimum Gasteiger partial charge on any atom is -0.325 e. The van der Waals surface area contributed by atoms with Gasteiger partial charge in [0.05, 0.1) is 10.5 Å². The summed E-state index contributed by atoms with van der Waals surface area (Å²) < 4.78 is 38.3. The Morgan fingerprint density at radius 1 is 1.18 bits per heavy atom. The van der Waals surface area contributed by atoms with Crippen LogP contribution in [0, 0.1) is 10.1 Å². The summed E-state index contributed by atoms with van der Waals surface area (Å²) in [5, 5.41) is 13.2. The third-order valence-corrected chi connectivity index (χ3v) is 4.25. The third-order valence-electron chi connectivity index (χ3n) is 4.25. The van der Waals surface area contributed by atoms with Crippen molar-refractivity contribution in [3.63, 3.8) is 0 Å². The van der Waals surface area contributed by atoms with Crippen LogP contribution in [0.25, 0.3) is 0 Å². The van der Waals surface area contributed by atoms with Gasteiger partial charge >= 0.3 is 6.18 Å². The normalized spacial score (nSPS) is 13.8. The van der Waals surface area contributed by atoms with Gasteiger partial charge in [-0.3, -0.25) is 19.7 Å². The number of rotatable bonds is 4. The summed E-state index contributed by atoms with van der Waals surface area (Å²) in [5.41, 5.74) is -0.145. The van der Waals surface area contributed by atoms with Crippen LogP contribution in [0.3, 0.4) is 0 Å². The van der Waals surface area contributed by atoms with Gasteiger partial charge < -0.3 is 10.2 Å². The van der Waals surface area contributed by atoms with Crippen LogP contribution in [-0.4, -0.2) is 23.3 Å². The molecule has 7 nitrogen and oxygen atoms in total. The highest BCUT2D eigenvalue weighted by atomic mass is 19.4. The average molecular weight is 393 g/mol. The number of hydrogen-bond donors (Lipinski definition) is 1. The van der Waals surface area contributed by atoms with Gasteiger partial charge in [0.1, 0.15) is 6.54 Å². The number of hydrogen-bond acceptors (Lipinski definition) is 4. The highest BCUT2D eigenvalue weighted by Gasteiger charge is 2.31. The number of carbonyl (C=O) groups is 2. The molecular formula is C18H14F3N3O4. The first-order chi connectivity index (χ1) is 13.1. The second-order valence-electron chi connectivity index (χ2n) is 6.18. The highest BCUT2D eigenvalue weighted by molar-refractivity contribution is 6.04. The summed E-state index contributed by atoms with van der Waals surface area (Å²) in [5.74, 6) is -1.03. The monoisotopic (exact) mass is 393 g/mol. The summed E-state index contributed by atoms with van der Waals surface area (Å²) in [6, 6.07) is 8.12. The third kappa shape index (κ3) is 4.11. The van der Waals surface area contributed by atoms with E-state index in [-0.39, 0.29) is 23.7 Å². The van der Waals surface area contributed by atoms with Crippen LogP contribution in [0.15, 0.2) is 42.5 Å². The van der Waals surface area contributed by atoms with E-state index in [2.05, 4.69) is 5.32 Å². The number of non-ortho nitro benzene ring substituents is 1. The molecule has 0 saturated heterocycles. The number of fused-ring (bicyclic) bond motifs is 1. The van der Waals surface area contributed by atoms with Crippen molar-refractivity contribution in [2.75, 3.05) is 16.8 Å². The largest absolute Gasteiger partial charge is 0.416 e. The van der Waals surface area contributed by atoms with Crippen molar-refractivity contribution < 1.29 is 27.7 Å². The fourth-order valence-corrected chi connectivity index (χ4v) is 2.95. The predicted molar refractivity (Wildman–Crippen MR) is 93.8 cm³/mol. The second-order valence-corrected chi connectivity index (χ2v) is 6.18. The van der Waals surface area contributed by atoms with E-state index in [9.17, 15) is 32.9 Å². The average Bonchev–Trinajstić information content (AvgIpc) is 2.63. The van der Waals surface area contributed by atoms with Gasteiger partial charge in [-0.2, -0.15) is 13.2 Å². The zero-order chi connectivity index (χ0) is 20.5. The topological polar surface area (TPSA) is 92.5 Å². The maximum absolute atomic E-state index is 12.8. The highest BCUT2D eigenvalue weighted by Crippen LogP contribution is 2.32. The minimum atomic E-state index is -4.54. The Morgan fingerprint density at radius 2 is 1.93 bits per heavy atom. The molecule has 3 rings (SSSR count). The Balaban J connectivity index is 1.78. The first-order valence-corrected chi connectivity index (χ1v) is 8.20. The van der Waals surface area contributed by atoms with Gasteiger partial charge in [-0.1, -0.05) is 6.07 Å². The van der Waals surface area contributed by atoms with E-state index in [1.54, 1.807) is 0 Å². The molecule has 0 fully saturated rings. The Bertz CT molecular complexity index is 959. The molecule has 0 bridgehead atoms. The van der Waals surface area contributed by atoms with Crippen molar-refractivity contribution in [2.24, 2.45) is 0 Å². The fraction of sp³-hybridized carbons (Fsp3) is 0.222. The number of benzene rings is 2. The zero-order valence-electron chi connectivity index (χ0n) is 14.3. The van der Waals surface area contributed by atoms with Crippen molar-refractivity contribution >= 4 is 28.9 Å². The molecule has 1 aliphatic heterocycles. The van der Waals surface area contributed by atoms with Gasteiger partial charge in [0.15, 0.2) is 0 Å². The van der Waals surface area contributed by atoms with E-state index in [1.807, 2.05) is 0 Å². The van der Waals surface area contributed by atoms with Gasteiger partial charge in [0.25, 0.3) is 5.69 Å². The number of alkyl halides is 3. The van der Waals surface area contributed by atoms with Crippen LogP contribution >= 0.6 is 0 Å². The number of amides is 2. The Hall–Kier alpha value is -3.43. The quantitative estimate of drug-likeness (QED) is 0.635. The molecular weight excluding hydrogens is 379 g/mol. The van der Waals surface area contributed by atoms with Crippen molar-refractivity contribution in [3.8, 4) is 0 Å². The van der Waals surface area contributed by atoms with Crippen molar-refractivity contribution in [1.82, 2.24) is 0 Å². The molecule has 0 atom stereocenters. The number of aryl methyl sites for hydroxylation is 1. The Morgan fingerprint density at radius 3 is 2.61 bits per heavy atom. The number of carbonyl (C=O) groups excluding carboxylic acids is 2. The van der Waals surface area contributed by atoms with E-state index in [1.165, 1.54) is 35.2 Å². The molecule has 10 heteroatoms. The van der Waals surface area contributed by atoms with Gasteiger partial charge in [-0.25, -0.2) is 0 Å². The molecule has 28 heavy (non-hydrogen) atoms. The lowest BCUT2D eigenvalue weighted by molar-refractivity contribution is -0.384. The smallest absolute Gasteiger partial charge is 0.325 e. The van der Waals surface area contributed by atoms with E-state index >= 15 is 0 Å². The van der Waals surface area contributed by atoms with E-state index < -0.39 is 29.1 Å². The summed E-state index contributed by atoms with van der Waals surface area (Å²) in [6.07, 6.45) is -4.16. The molecule has 146 valence electrons. The first-order valence-electron chi connectivity index (χ1n) is 8.20. The number of nitro benzene ring substituents is 1. The molecule has 0 aliphatic carbocycles. The molecule has 1 heterocycles.